The van der Waals surface area contributed by atoms with Crippen molar-refractivity contribution in [1.82, 2.24) is 9.80 Å². The molecule has 0 unspecified atom stereocenters. The number of nitrogens with one attached hydrogen (secondary N) is 2. The Morgan fingerprint density at radius 1 is 0.826 bits per heavy atom. The van der Waals surface area contributed by atoms with Gasteiger partial charge in [-0.05, 0) is 70.7 Å². The van der Waals surface area contributed by atoms with E-state index in [0.29, 0.717) is 24.5 Å². The van der Waals surface area contributed by atoms with E-state index < -0.39 is 0 Å². The largest absolute Gasteiger partial charge is 0.323 e. The Kier molecular flexibility index (Phi) is 5.74. The summed E-state index contributed by atoms with van der Waals surface area (Å²) in [6.07, 6.45) is 0.915. The van der Waals surface area contributed by atoms with E-state index in [4.69, 9.17) is 0 Å². The number of hydrogen-bond acceptors (Lipinski definition) is 4. The molecule has 23 heavy (non-hydrogen) atoms. The first-order chi connectivity index (χ1) is 10.8. The Balaban J connectivity index is 2.30. The highest BCUT2D eigenvalue weighted by Gasteiger charge is 2.15. The lowest BCUT2D eigenvalue weighted by Crippen LogP contribution is -2.33. The van der Waals surface area contributed by atoms with Crippen LogP contribution in [0.3, 0.4) is 0 Å². The quantitative estimate of drug-likeness (QED) is 0.760. The van der Waals surface area contributed by atoms with Gasteiger partial charge in [-0.25, -0.2) is 0 Å². The number of benzene rings is 1. The molecule has 0 aromatic heterocycles. The summed E-state index contributed by atoms with van der Waals surface area (Å²) in [5.74, 6) is -0.141. The van der Waals surface area contributed by atoms with E-state index in [2.05, 4.69) is 10.6 Å². The lowest BCUT2D eigenvalue weighted by molar-refractivity contribution is -0.117. The molecule has 1 aliphatic rings. The summed E-state index contributed by atoms with van der Waals surface area (Å²) >= 11 is 0. The van der Waals surface area contributed by atoms with Gasteiger partial charge in [-0.1, -0.05) is 0 Å². The van der Waals surface area contributed by atoms with Crippen molar-refractivity contribution in [3.8, 4) is 0 Å². The SMILES string of the molecule is Cc1cc2c(cc1C)NC(=O)CN(C)CCCN(C)CC(=O)N2. The molecule has 0 fully saturated rings. The van der Waals surface area contributed by atoms with E-state index in [1.165, 1.54) is 0 Å². The van der Waals surface area contributed by atoms with E-state index in [9.17, 15) is 9.59 Å². The van der Waals surface area contributed by atoms with Crippen LogP contribution >= 0.6 is 0 Å². The van der Waals surface area contributed by atoms with Crippen molar-refractivity contribution in [1.29, 1.82) is 0 Å². The summed E-state index contributed by atoms with van der Waals surface area (Å²) in [6, 6.07) is 3.82. The average Bonchev–Trinajstić information content (AvgIpc) is 2.43. The standard InChI is InChI=1S/C17H26N4O2/c1-12-8-14-15(9-13(12)2)19-17(23)11-21(4)7-5-6-20(3)10-16(22)18-14/h8-9H,5-7,10-11H2,1-4H3,(H,18,22)(H,19,23). The maximum absolute atomic E-state index is 12.2. The molecule has 126 valence electrons. The minimum atomic E-state index is -0.0705. The fourth-order valence-electron chi connectivity index (χ4n) is 2.66. The Morgan fingerprint density at radius 3 is 1.61 bits per heavy atom. The first-order valence-corrected chi connectivity index (χ1v) is 7.93. The molecule has 0 bridgehead atoms. The van der Waals surface area contributed by atoms with Crippen LogP contribution in [0, 0.1) is 13.8 Å². The van der Waals surface area contributed by atoms with Crippen molar-refractivity contribution in [2.45, 2.75) is 20.3 Å². The van der Waals surface area contributed by atoms with Crippen LogP contribution in [0.2, 0.25) is 0 Å². The molecule has 1 aromatic rings. The Labute approximate surface area is 137 Å². The topological polar surface area (TPSA) is 64.7 Å². The van der Waals surface area contributed by atoms with Crippen LogP contribution in [-0.2, 0) is 9.59 Å². The molecule has 6 nitrogen and oxygen atoms in total. The van der Waals surface area contributed by atoms with Gasteiger partial charge in [0.1, 0.15) is 0 Å². The van der Waals surface area contributed by atoms with Crippen LogP contribution in [0.5, 0.6) is 0 Å². The van der Waals surface area contributed by atoms with Crippen molar-refractivity contribution < 1.29 is 9.59 Å². The summed E-state index contributed by atoms with van der Waals surface area (Å²) in [5, 5.41) is 5.84. The predicted octanol–water partition coefficient (Wildman–Crippen LogP) is 1.45. The first kappa shape index (κ1) is 17.4. The molecular formula is C17H26N4O2. The molecule has 2 amide bonds. The number of fused-ring (bicyclic) bond motifs is 1. The van der Waals surface area contributed by atoms with Crippen LogP contribution in [-0.4, -0.2) is 61.9 Å². The van der Waals surface area contributed by atoms with E-state index in [-0.39, 0.29) is 11.8 Å². The number of nitrogens with zero attached hydrogens (tertiary/aromatic N) is 2. The van der Waals surface area contributed by atoms with Gasteiger partial charge in [0, 0.05) is 0 Å². The number of hydrogen-bond donors (Lipinski definition) is 2. The highest BCUT2D eigenvalue weighted by Crippen LogP contribution is 2.26. The second-order valence-electron chi connectivity index (χ2n) is 6.41. The van der Waals surface area contributed by atoms with Crippen LogP contribution < -0.4 is 10.6 Å². The summed E-state index contributed by atoms with van der Waals surface area (Å²) in [4.78, 5) is 28.4. The van der Waals surface area contributed by atoms with Gasteiger partial charge >= 0.3 is 0 Å². The fraction of sp³-hybridized carbons (Fsp3) is 0.529. The predicted molar refractivity (Wildman–Crippen MR) is 92.8 cm³/mol. The normalized spacial score (nSPS) is 19.0. The van der Waals surface area contributed by atoms with Crippen LogP contribution in [0.4, 0.5) is 11.4 Å². The molecule has 1 aromatic carbocycles. The number of likely N-dealkylation sites (N-methyl/N-ethyl adjacent to an activating group) is 2. The second-order valence-corrected chi connectivity index (χ2v) is 6.41. The van der Waals surface area contributed by atoms with Crippen LogP contribution in [0.15, 0.2) is 12.1 Å². The third kappa shape index (κ3) is 5.04. The molecule has 6 heteroatoms. The van der Waals surface area contributed by atoms with Gasteiger partial charge in [0.15, 0.2) is 0 Å². The Bertz CT molecular complexity index is 550. The first-order valence-electron chi connectivity index (χ1n) is 7.93. The maximum atomic E-state index is 12.2. The molecule has 0 saturated heterocycles. The van der Waals surface area contributed by atoms with Crippen molar-refractivity contribution >= 4 is 23.2 Å². The average molecular weight is 318 g/mol. The second kappa shape index (κ2) is 7.57. The molecule has 1 heterocycles. The number of carbonyl (C=O) groups is 2. The van der Waals surface area contributed by atoms with Gasteiger partial charge < -0.3 is 10.6 Å². The molecule has 1 aliphatic heterocycles. The molecule has 0 spiro atoms. The zero-order valence-corrected chi connectivity index (χ0v) is 14.4. The minimum Gasteiger partial charge on any atom is -0.323 e. The molecular weight excluding hydrogens is 292 g/mol. The highest BCUT2D eigenvalue weighted by atomic mass is 16.2. The van der Waals surface area contributed by atoms with Gasteiger partial charge in [-0.15, -0.1) is 0 Å². The smallest absolute Gasteiger partial charge is 0.238 e. The van der Waals surface area contributed by atoms with Crippen LogP contribution in [0.25, 0.3) is 0 Å². The monoisotopic (exact) mass is 318 g/mol. The molecule has 0 atom stereocenters. The van der Waals surface area contributed by atoms with Gasteiger partial charge in [0.05, 0.1) is 24.5 Å². The van der Waals surface area contributed by atoms with Crippen molar-refractivity contribution in [2.75, 3.05) is 50.9 Å². The molecule has 0 aliphatic carbocycles. The highest BCUT2D eigenvalue weighted by molar-refractivity contribution is 6.01. The zero-order chi connectivity index (χ0) is 17.0. The number of carbonyl (C=O) groups excluding carboxylic acids is 2. The number of aryl methyl sites for hydroxylation is 2. The lowest BCUT2D eigenvalue weighted by Gasteiger charge is -2.18. The Morgan fingerprint density at radius 2 is 1.22 bits per heavy atom. The molecule has 2 N–H and O–H groups in total. The van der Waals surface area contributed by atoms with E-state index >= 15 is 0 Å². The number of rotatable bonds is 0. The minimum absolute atomic E-state index is 0.0705. The fourth-order valence-corrected chi connectivity index (χ4v) is 2.66. The number of anilines is 2. The van der Waals surface area contributed by atoms with Crippen molar-refractivity contribution in [3.63, 3.8) is 0 Å². The summed E-state index contributed by atoms with van der Waals surface area (Å²) in [5.41, 5.74) is 3.46. The zero-order valence-electron chi connectivity index (χ0n) is 14.4. The van der Waals surface area contributed by atoms with Gasteiger partial charge in [0.2, 0.25) is 11.8 Å². The van der Waals surface area contributed by atoms with E-state index in [1.807, 2.05) is 49.9 Å². The third-order valence-electron chi connectivity index (χ3n) is 4.09. The summed E-state index contributed by atoms with van der Waals surface area (Å²) in [6.45, 7) is 6.29. The lowest BCUT2D eigenvalue weighted by atomic mass is 10.1. The van der Waals surface area contributed by atoms with E-state index in [0.717, 1.165) is 30.6 Å². The van der Waals surface area contributed by atoms with Crippen molar-refractivity contribution in [2.24, 2.45) is 0 Å². The molecule has 0 radical (unpaired) electrons. The van der Waals surface area contributed by atoms with Gasteiger partial charge in [-0.2, -0.15) is 0 Å². The third-order valence-corrected chi connectivity index (χ3v) is 4.09. The van der Waals surface area contributed by atoms with Crippen LogP contribution in [0.1, 0.15) is 17.5 Å². The Hall–Kier alpha value is -1.92. The van der Waals surface area contributed by atoms with Gasteiger partial charge in [-0.3, -0.25) is 19.4 Å². The molecule has 2 rings (SSSR count). The summed E-state index contributed by atoms with van der Waals surface area (Å²) < 4.78 is 0. The van der Waals surface area contributed by atoms with Crippen molar-refractivity contribution in [3.05, 3.63) is 23.3 Å². The number of amides is 2. The summed E-state index contributed by atoms with van der Waals surface area (Å²) in [7, 11) is 3.87. The van der Waals surface area contributed by atoms with Gasteiger partial charge in [0.25, 0.3) is 0 Å². The maximum Gasteiger partial charge on any atom is 0.238 e. The van der Waals surface area contributed by atoms with E-state index in [1.54, 1.807) is 0 Å². The molecule has 0 saturated carbocycles.